The first-order valence-corrected chi connectivity index (χ1v) is 1.95. The van der Waals surface area contributed by atoms with Crippen LogP contribution in [0.15, 0.2) is 0 Å². The van der Waals surface area contributed by atoms with Crippen LogP contribution < -0.4 is 5.32 Å². The van der Waals surface area contributed by atoms with Gasteiger partial charge in [0.15, 0.2) is 0 Å². The van der Waals surface area contributed by atoms with E-state index in [0.717, 1.165) is 0 Å². The minimum absolute atomic E-state index is 0. The molecule has 0 aliphatic carbocycles. The topological polar surface area (TPSA) is 29.1 Å². The number of hydrogen-bond acceptors (Lipinski definition) is 1. The van der Waals surface area contributed by atoms with Gasteiger partial charge in [-0.1, -0.05) is 13.8 Å². The summed E-state index contributed by atoms with van der Waals surface area (Å²) in [5.74, 6) is 0. The van der Waals surface area contributed by atoms with Crippen molar-refractivity contribution in [3.63, 3.8) is 0 Å². The van der Waals surface area contributed by atoms with Crippen LogP contribution in [0.2, 0.25) is 0 Å². The van der Waals surface area contributed by atoms with E-state index in [1.165, 1.54) is 13.5 Å². The van der Waals surface area contributed by atoms with E-state index in [2.05, 4.69) is 5.32 Å². The fourth-order valence-electron chi connectivity index (χ4n) is 0. The van der Waals surface area contributed by atoms with E-state index in [1.54, 1.807) is 0 Å². The SMILES string of the molecule is CC.CN[C-]=O.[V]. The van der Waals surface area contributed by atoms with E-state index in [9.17, 15) is 0 Å². The van der Waals surface area contributed by atoms with Crippen LogP contribution in [0.4, 0.5) is 0 Å². The van der Waals surface area contributed by atoms with Crippen LogP contribution in [-0.2, 0) is 23.4 Å². The average molecular weight is 139 g/mol. The Labute approximate surface area is 56.6 Å². The number of nitrogens with one attached hydrogen (secondary N) is 1. The fourth-order valence-corrected chi connectivity index (χ4v) is 0. The van der Waals surface area contributed by atoms with Crippen molar-refractivity contribution in [3.8, 4) is 0 Å². The van der Waals surface area contributed by atoms with Crippen LogP contribution in [-0.4, -0.2) is 13.5 Å². The summed E-state index contributed by atoms with van der Waals surface area (Å²) in [5.41, 5.74) is 0. The quantitative estimate of drug-likeness (QED) is 0.410. The molecule has 0 aromatic rings. The predicted octanol–water partition coefficient (Wildman–Crippen LogP) is 0.297. The maximum absolute atomic E-state index is 8.94. The summed E-state index contributed by atoms with van der Waals surface area (Å²) in [4.78, 5) is 8.94. The van der Waals surface area contributed by atoms with Gasteiger partial charge in [0.05, 0.1) is 0 Å². The first-order valence-electron chi connectivity index (χ1n) is 1.95. The molecule has 0 spiro atoms. The van der Waals surface area contributed by atoms with E-state index in [1.807, 2.05) is 13.8 Å². The van der Waals surface area contributed by atoms with Crippen molar-refractivity contribution >= 4 is 6.41 Å². The first kappa shape index (κ1) is 15.7. The fraction of sp³-hybridized carbons (Fsp3) is 0.750. The van der Waals surface area contributed by atoms with Gasteiger partial charge >= 0.3 is 0 Å². The van der Waals surface area contributed by atoms with Gasteiger partial charge < -0.3 is 10.1 Å². The minimum atomic E-state index is 0. The second-order valence-corrected chi connectivity index (χ2v) is 0.352. The van der Waals surface area contributed by atoms with Crippen molar-refractivity contribution in [1.82, 2.24) is 5.32 Å². The maximum Gasteiger partial charge on any atom is 0 e. The summed E-state index contributed by atoms with van der Waals surface area (Å²) in [5, 5.41) is 2.12. The largest absolute Gasteiger partial charge is 0.532 e. The van der Waals surface area contributed by atoms with E-state index < -0.39 is 0 Å². The summed E-state index contributed by atoms with van der Waals surface area (Å²) in [6.07, 6.45) is 1.43. The summed E-state index contributed by atoms with van der Waals surface area (Å²) in [7, 11) is 1.51. The molecule has 0 fully saturated rings. The molecule has 0 bridgehead atoms. The summed E-state index contributed by atoms with van der Waals surface area (Å²) < 4.78 is 0. The molecule has 0 saturated heterocycles. The molecule has 0 unspecified atom stereocenters. The van der Waals surface area contributed by atoms with Crippen LogP contribution in [0.25, 0.3) is 0 Å². The van der Waals surface area contributed by atoms with Gasteiger partial charge in [-0.15, -0.1) is 0 Å². The first-order chi connectivity index (χ1) is 2.91. The number of amides is 1. The molecule has 3 heteroatoms. The van der Waals surface area contributed by atoms with Gasteiger partial charge in [-0.2, -0.15) is 6.41 Å². The van der Waals surface area contributed by atoms with Crippen molar-refractivity contribution in [2.75, 3.05) is 7.05 Å². The second-order valence-electron chi connectivity index (χ2n) is 0.352. The Morgan fingerprint density at radius 2 is 1.57 bits per heavy atom. The monoisotopic (exact) mass is 139 g/mol. The van der Waals surface area contributed by atoms with Crippen molar-refractivity contribution in [2.45, 2.75) is 13.8 Å². The molecule has 2 nitrogen and oxygen atoms in total. The Hall–Kier alpha value is 0.0544. The summed E-state index contributed by atoms with van der Waals surface area (Å²) in [6, 6.07) is 0. The Balaban J connectivity index is -0.0000000480. The Morgan fingerprint density at radius 1 is 1.43 bits per heavy atom. The third-order valence-electron chi connectivity index (χ3n) is 0.102. The molecule has 1 N–H and O–H groups in total. The van der Waals surface area contributed by atoms with Gasteiger partial charge in [0.25, 0.3) is 0 Å². The van der Waals surface area contributed by atoms with Crippen molar-refractivity contribution in [3.05, 3.63) is 0 Å². The van der Waals surface area contributed by atoms with Gasteiger partial charge in [-0.25, -0.2) is 0 Å². The van der Waals surface area contributed by atoms with Crippen molar-refractivity contribution in [1.29, 1.82) is 0 Å². The van der Waals surface area contributed by atoms with Crippen molar-refractivity contribution < 1.29 is 23.4 Å². The van der Waals surface area contributed by atoms with Crippen LogP contribution in [0.1, 0.15) is 13.8 Å². The standard InChI is InChI=1S/C2H4NO.C2H6.V/c1-3-2-4;1-2;/h1H3,(H,3,4);1-2H3;/q-1;;. The van der Waals surface area contributed by atoms with Crippen LogP contribution in [0.3, 0.4) is 0 Å². The summed E-state index contributed by atoms with van der Waals surface area (Å²) >= 11 is 0. The average Bonchev–Trinajstić information content (AvgIpc) is 1.72. The van der Waals surface area contributed by atoms with E-state index in [0.29, 0.717) is 0 Å². The molecule has 0 aliphatic heterocycles. The second kappa shape index (κ2) is 36.6. The molecule has 0 aromatic heterocycles. The van der Waals surface area contributed by atoms with Crippen LogP contribution in [0.5, 0.6) is 0 Å². The molecule has 0 saturated carbocycles. The maximum atomic E-state index is 8.94. The van der Waals surface area contributed by atoms with Gasteiger partial charge in [0.1, 0.15) is 0 Å². The Morgan fingerprint density at radius 3 is 1.57 bits per heavy atom. The van der Waals surface area contributed by atoms with Gasteiger partial charge in [-0.3, -0.25) is 0 Å². The normalized spacial score (nSPS) is 3.86. The van der Waals surface area contributed by atoms with E-state index >= 15 is 0 Å². The predicted molar refractivity (Wildman–Crippen MR) is 26.1 cm³/mol. The van der Waals surface area contributed by atoms with Crippen LogP contribution in [0, 0.1) is 0 Å². The zero-order valence-electron chi connectivity index (χ0n) is 4.86. The zero-order chi connectivity index (χ0) is 5.41. The molecule has 0 rings (SSSR count). The molecule has 0 heterocycles. The number of rotatable bonds is 1. The van der Waals surface area contributed by atoms with Gasteiger partial charge in [0.2, 0.25) is 0 Å². The molecule has 0 aromatic carbocycles. The number of carbonyl (C=O) groups excluding carboxylic acids is 1. The zero-order valence-corrected chi connectivity index (χ0v) is 6.25. The molecule has 0 atom stereocenters. The van der Waals surface area contributed by atoms with Crippen LogP contribution >= 0.6 is 0 Å². The van der Waals surface area contributed by atoms with E-state index in [-0.39, 0.29) is 18.6 Å². The molecular weight excluding hydrogens is 129 g/mol. The third kappa shape index (κ3) is 89.5. The molecule has 7 heavy (non-hydrogen) atoms. The van der Waals surface area contributed by atoms with Gasteiger partial charge in [0, 0.05) is 18.6 Å². The van der Waals surface area contributed by atoms with E-state index in [4.69, 9.17) is 4.79 Å². The molecular formula is C4H10NOV-. The molecule has 43 valence electrons. The number of hydrogen-bond donors (Lipinski definition) is 1. The molecule has 0 aliphatic rings. The molecule has 1 amide bonds. The Kier molecular flexibility index (Phi) is 82.4. The Bertz CT molecular complexity index is 25.7. The summed E-state index contributed by atoms with van der Waals surface area (Å²) in [6.45, 7) is 4.00. The third-order valence-corrected chi connectivity index (χ3v) is 0.102. The smallest absolute Gasteiger partial charge is 0 e. The molecule has 1 radical (unpaired) electrons. The van der Waals surface area contributed by atoms with Gasteiger partial charge in [-0.05, 0) is 7.05 Å². The minimum Gasteiger partial charge on any atom is -0.532 e. The van der Waals surface area contributed by atoms with Crippen molar-refractivity contribution in [2.24, 2.45) is 0 Å².